The summed E-state index contributed by atoms with van der Waals surface area (Å²) in [6.07, 6.45) is 6.44. The van der Waals surface area contributed by atoms with Gasteiger partial charge in [-0.15, -0.1) is 0 Å². The second-order valence-corrected chi connectivity index (χ2v) is 4.67. The summed E-state index contributed by atoms with van der Waals surface area (Å²) in [7, 11) is 0. The predicted molar refractivity (Wildman–Crippen MR) is 78.2 cm³/mol. The molecule has 0 aliphatic heterocycles. The van der Waals surface area contributed by atoms with Gasteiger partial charge in [0.05, 0.1) is 0 Å². The van der Waals surface area contributed by atoms with Gasteiger partial charge in [0.2, 0.25) is 0 Å². The fraction of sp³-hybridized carbons (Fsp3) is 0.118. The molecule has 2 aromatic rings. The Labute approximate surface area is 112 Å². The quantitative estimate of drug-likeness (QED) is 0.859. The number of hydrogen-bond donors (Lipinski definition) is 1. The summed E-state index contributed by atoms with van der Waals surface area (Å²) >= 11 is 0. The number of anilines is 1. The van der Waals surface area contributed by atoms with E-state index in [4.69, 9.17) is 0 Å². The molecule has 0 bridgehead atoms. The highest BCUT2D eigenvalue weighted by Gasteiger charge is 2.08. The summed E-state index contributed by atoms with van der Waals surface area (Å²) in [6.45, 7) is 0. The van der Waals surface area contributed by atoms with E-state index in [-0.39, 0.29) is 5.91 Å². The normalized spacial score (nSPS) is 12.8. The summed E-state index contributed by atoms with van der Waals surface area (Å²) in [5, 5.41) is 2.95. The first-order chi connectivity index (χ1) is 9.33. The Bertz CT molecular complexity index is 629. The first-order valence-corrected chi connectivity index (χ1v) is 6.49. The van der Waals surface area contributed by atoms with Crippen molar-refractivity contribution < 1.29 is 4.79 Å². The lowest BCUT2D eigenvalue weighted by atomic mass is 9.97. The first-order valence-electron chi connectivity index (χ1n) is 6.49. The molecule has 0 saturated heterocycles. The first kappa shape index (κ1) is 11.7. The van der Waals surface area contributed by atoms with Gasteiger partial charge < -0.3 is 5.32 Å². The van der Waals surface area contributed by atoms with Crippen LogP contribution in [-0.2, 0) is 6.42 Å². The third-order valence-corrected chi connectivity index (χ3v) is 3.31. The molecule has 2 nitrogen and oxygen atoms in total. The predicted octanol–water partition coefficient (Wildman–Crippen LogP) is 3.90. The second-order valence-electron chi connectivity index (χ2n) is 4.67. The van der Waals surface area contributed by atoms with Crippen LogP contribution in [0.2, 0.25) is 0 Å². The van der Waals surface area contributed by atoms with Crippen LogP contribution in [0, 0.1) is 0 Å². The number of rotatable bonds is 2. The molecule has 2 heteroatoms. The van der Waals surface area contributed by atoms with Gasteiger partial charge in [0.25, 0.3) is 5.91 Å². The molecule has 0 radical (unpaired) electrons. The van der Waals surface area contributed by atoms with Crippen molar-refractivity contribution in [1.82, 2.24) is 0 Å². The van der Waals surface area contributed by atoms with Crippen molar-refractivity contribution >= 4 is 17.7 Å². The van der Waals surface area contributed by atoms with E-state index < -0.39 is 0 Å². The summed E-state index contributed by atoms with van der Waals surface area (Å²) < 4.78 is 0. The molecule has 0 atom stereocenters. The van der Waals surface area contributed by atoms with Crippen LogP contribution in [0.3, 0.4) is 0 Å². The SMILES string of the molecule is O=C(Nc1ccc2c(c1)CCC=C2)c1ccccc1. The number of nitrogens with one attached hydrogen (secondary N) is 1. The Morgan fingerprint density at radius 2 is 1.89 bits per heavy atom. The molecule has 1 amide bonds. The molecule has 0 spiro atoms. The van der Waals surface area contributed by atoms with E-state index >= 15 is 0 Å². The van der Waals surface area contributed by atoms with Gasteiger partial charge in [0, 0.05) is 11.3 Å². The molecule has 0 heterocycles. The van der Waals surface area contributed by atoms with E-state index in [1.807, 2.05) is 36.4 Å². The number of amides is 1. The highest BCUT2D eigenvalue weighted by molar-refractivity contribution is 6.04. The highest BCUT2D eigenvalue weighted by atomic mass is 16.1. The van der Waals surface area contributed by atoms with Gasteiger partial charge in [0.15, 0.2) is 0 Å². The van der Waals surface area contributed by atoms with Crippen molar-refractivity contribution in [2.24, 2.45) is 0 Å². The zero-order valence-electron chi connectivity index (χ0n) is 10.6. The van der Waals surface area contributed by atoms with Crippen LogP contribution in [0.4, 0.5) is 5.69 Å². The molecule has 19 heavy (non-hydrogen) atoms. The largest absolute Gasteiger partial charge is 0.322 e. The summed E-state index contributed by atoms with van der Waals surface area (Å²) in [4.78, 5) is 12.1. The number of fused-ring (bicyclic) bond motifs is 1. The lowest BCUT2D eigenvalue weighted by Crippen LogP contribution is -2.12. The van der Waals surface area contributed by atoms with Crippen molar-refractivity contribution in [2.45, 2.75) is 12.8 Å². The maximum Gasteiger partial charge on any atom is 0.255 e. The molecular weight excluding hydrogens is 234 g/mol. The average Bonchev–Trinajstić information content (AvgIpc) is 2.48. The number of hydrogen-bond acceptors (Lipinski definition) is 1. The molecule has 1 N–H and O–H groups in total. The lowest BCUT2D eigenvalue weighted by molar-refractivity contribution is 0.102. The van der Waals surface area contributed by atoms with E-state index in [9.17, 15) is 4.79 Å². The molecular formula is C17H15NO. The smallest absolute Gasteiger partial charge is 0.255 e. The number of allylic oxidation sites excluding steroid dienone is 1. The lowest BCUT2D eigenvalue weighted by Gasteiger charge is -2.12. The number of carbonyl (C=O) groups excluding carboxylic acids is 1. The van der Waals surface area contributed by atoms with Crippen molar-refractivity contribution in [1.29, 1.82) is 0 Å². The van der Waals surface area contributed by atoms with Gasteiger partial charge in [-0.3, -0.25) is 4.79 Å². The minimum atomic E-state index is -0.0631. The van der Waals surface area contributed by atoms with E-state index in [1.54, 1.807) is 0 Å². The Hall–Kier alpha value is -2.35. The van der Waals surface area contributed by atoms with Crippen LogP contribution in [-0.4, -0.2) is 5.91 Å². The molecule has 94 valence electrons. The average molecular weight is 249 g/mol. The molecule has 2 aromatic carbocycles. The van der Waals surface area contributed by atoms with Crippen LogP contribution in [0.25, 0.3) is 6.08 Å². The molecule has 0 fully saturated rings. The third kappa shape index (κ3) is 2.58. The topological polar surface area (TPSA) is 29.1 Å². The Balaban J connectivity index is 1.81. The zero-order valence-corrected chi connectivity index (χ0v) is 10.6. The van der Waals surface area contributed by atoms with E-state index in [0.717, 1.165) is 18.5 Å². The second kappa shape index (κ2) is 5.11. The Morgan fingerprint density at radius 1 is 1.05 bits per heavy atom. The van der Waals surface area contributed by atoms with Gasteiger partial charge in [0.1, 0.15) is 0 Å². The molecule has 1 aliphatic carbocycles. The maximum atomic E-state index is 12.1. The Morgan fingerprint density at radius 3 is 2.74 bits per heavy atom. The van der Waals surface area contributed by atoms with Gasteiger partial charge in [-0.05, 0) is 48.2 Å². The fourth-order valence-electron chi connectivity index (χ4n) is 2.30. The van der Waals surface area contributed by atoms with Gasteiger partial charge in [-0.2, -0.15) is 0 Å². The minimum absolute atomic E-state index is 0.0631. The monoisotopic (exact) mass is 249 g/mol. The Kier molecular flexibility index (Phi) is 3.15. The minimum Gasteiger partial charge on any atom is -0.322 e. The van der Waals surface area contributed by atoms with E-state index in [2.05, 4.69) is 29.6 Å². The summed E-state index contributed by atoms with van der Waals surface area (Å²) in [5.74, 6) is -0.0631. The number of carbonyl (C=O) groups is 1. The fourth-order valence-corrected chi connectivity index (χ4v) is 2.30. The van der Waals surface area contributed by atoms with Crippen molar-refractivity contribution in [3.63, 3.8) is 0 Å². The molecule has 3 rings (SSSR count). The summed E-state index contributed by atoms with van der Waals surface area (Å²) in [6, 6.07) is 15.4. The van der Waals surface area contributed by atoms with Gasteiger partial charge >= 0.3 is 0 Å². The van der Waals surface area contributed by atoms with Gasteiger partial charge in [-0.25, -0.2) is 0 Å². The van der Waals surface area contributed by atoms with Gasteiger partial charge in [-0.1, -0.05) is 36.4 Å². The standard InChI is InChI=1S/C17H15NO/c19-17(14-7-2-1-3-8-14)18-16-11-10-13-6-4-5-9-15(13)12-16/h1-4,6-8,10-12H,5,9H2,(H,18,19). The molecule has 0 unspecified atom stereocenters. The van der Waals surface area contributed by atoms with E-state index in [1.165, 1.54) is 11.1 Å². The van der Waals surface area contributed by atoms with Crippen LogP contribution in [0.5, 0.6) is 0 Å². The van der Waals surface area contributed by atoms with Crippen LogP contribution in [0.1, 0.15) is 27.9 Å². The molecule has 0 aromatic heterocycles. The zero-order chi connectivity index (χ0) is 13.1. The highest BCUT2D eigenvalue weighted by Crippen LogP contribution is 2.23. The van der Waals surface area contributed by atoms with Crippen molar-refractivity contribution in [3.05, 3.63) is 71.3 Å². The molecule has 0 saturated carbocycles. The third-order valence-electron chi connectivity index (χ3n) is 3.31. The summed E-state index contributed by atoms with van der Waals surface area (Å²) in [5.41, 5.74) is 4.10. The maximum absolute atomic E-state index is 12.1. The van der Waals surface area contributed by atoms with Crippen molar-refractivity contribution in [2.75, 3.05) is 5.32 Å². The van der Waals surface area contributed by atoms with Crippen LogP contribution < -0.4 is 5.32 Å². The van der Waals surface area contributed by atoms with E-state index in [0.29, 0.717) is 5.56 Å². The number of aryl methyl sites for hydroxylation is 1. The number of benzene rings is 2. The van der Waals surface area contributed by atoms with Crippen LogP contribution in [0.15, 0.2) is 54.6 Å². The van der Waals surface area contributed by atoms with Crippen LogP contribution >= 0.6 is 0 Å². The molecule has 1 aliphatic rings. The van der Waals surface area contributed by atoms with Crippen molar-refractivity contribution in [3.8, 4) is 0 Å².